The number of nitrogens with one attached hydrogen (secondary N) is 1. The predicted octanol–water partition coefficient (Wildman–Crippen LogP) is 4.33. The molecule has 0 spiro atoms. The van der Waals surface area contributed by atoms with Crippen molar-refractivity contribution in [3.8, 4) is 0 Å². The van der Waals surface area contributed by atoms with E-state index in [1.165, 1.54) is 18.4 Å². The lowest BCUT2D eigenvalue weighted by atomic mass is 10.1. The van der Waals surface area contributed by atoms with Crippen molar-refractivity contribution in [1.29, 1.82) is 0 Å². The molecule has 2 amide bonds. The fraction of sp³-hybridized carbons (Fsp3) is 0.364. The molecule has 0 bridgehead atoms. The summed E-state index contributed by atoms with van der Waals surface area (Å²) in [7, 11) is 0. The van der Waals surface area contributed by atoms with Gasteiger partial charge in [0.05, 0.1) is 5.92 Å². The summed E-state index contributed by atoms with van der Waals surface area (Å²) < 4.78 is 0. The number of amides is 2. The first-order valence-corrected chi connectivity index (χ1v) is 9.33. The van der Waals surface area contributed by atoms with Gasteiger partial charge in [-0.25, -0.2) is 0 Å². The molecule has 0 saturated carbocycles. The van der Waals surface area contributed by atoms with Crippen LogP contribution in [0.5, 0.6) is 0 Å². The van der Waals surface area contributed by atoms with Crippen LogP contribution in [0.2, 0.25) is 0 Å². The van der Waals surface area contributed by atoms with E-state index in [0.717, 1.165) is 23.4 Å². The van der Waals surface area contributed by atoms with Crippen LogP contribution in [0, 0.1) is 12.8 Å². The maximum Gasteiger partial charge on any atom is 0.229 e. The van der Waals surface area contributed by atoms with Crippen molar-refractivity contribution < 1.29 is 9.59 Å². The van der Waals surface area contributed by atoms with Crippen LogP contribution < -0.4 is 10.2 Å². The Morgan fingerprint density at radius 2 is 1.81 bits per heavy atom. The molecular formula is C22H26N2O2. The summed E-state index contributed by atoms with van der Waals surface area (Å²) in [5.74, 6) is -0.401. The second-order valence-corrected chi connectivity index (χ2v) is 7.03. The predicted molar refractivity (Wildman–Crippen MR) is 105 cm³/mol. The Morgan fingerprint density at radius 3 is 2.46 bits per heavy atom. The highest BCUT2D eigenvalue weighted by Gasteiger charge is 2.35. The van der Waals surface area contributed by atoms with E-state index in [1.54, 1.807) is 4.90 Å². The van der Waals surface area contributed by atoms with Gasteiger partial charge in [0, 0.05) is 24.3 Å². The second-order valence-electron chi connectivity index (χ2n) is 7.03. The Morgan fingerprint density at radius 1 is 1.12 bits per heavy atom. The Labute approximate surface area is 155 Å². The summed E-state index contributed by atoms with van der Waals surface area (Å²) in [6.07, 6.45) is 3.66. The van der Waals surface area contributed by atoms with Crippen LogP contribution in [0.25, 0.3) is 0 Å². The van der Waals surface area contributed by atoms with Gasteiger partial charge in [-0.1, -0.05) is 43.2 Å². The molecule has 1 aliphatic heterocycles. The monoisotopic (exact) mass is 350 g/mol. The smallest absolute Gasteiger partial charge is 0.229 e. The Hall–Kier alpha value is -2.62. The molecule has 1 heterocycles. The van der Waals surface area contributed by atoms with Crippen molar-refractivity contribution in [2.75, 3.05) is 16.8 Å². The summed E-state index contributed by atoms with van der Waals surface area (Å²) in [4.78, 5) is 26.6. The van der Waals surface area contributed by atoms with Crippen molar-refractivity contribution in [2.45, 2.75) is 39.5 Å². The molecule has 1 saturated heterocycles. The molecule has 4 nitrogen and oxygen atoms in total. The average Bonchev–Trinajstić information content (AvgIpc) is 3.04. The van der Waals surface area contributed by atoms with Gasteiger partial charge in [0.15, 0.2) is 0 Å². The van der Waals surface area contributed by atoms with Gasteiger partial charge in [0.2, 0.25) is 11.8 Å². The quantitative estimate of drug-likeness (QED) is 0.843. The van der Waals surface area contributed by atoms with Crippen molar-refractivity contribution in [1.82, 2.24) is 0 Å². The summed E-state index contributed by atoms with van der Waals surface area (Å²) in [6.45, 7) is 4.62. The maximum absolute atomic E-state index is 12.6. The maximum atomic E-state index is 12.6. The molecule has 0 radical (unpaired) electrons. The molecule has 0 unspecified atom stereocenters. The van der Waals surface area contributed by atoms with E-state index in [9.17, 15) is 9.59 Å². The van der Waals surface area contributed by atoms with Gasteiger partial charge < -0.3 is 10.2 Å². The second kappa shape index (κ2) is 8.17. The topological polar surface area (TPSA) is 49.4 Å². The van der Waals surface area contributed by atoms with Crippen molar-refractivity contribution in [3.05, 3.63) is 59.7 Å². The first-order valence-electron chi connectivity index (χ1n) is 9.33. The molecule has 2 aromatic rings. The SMILES string of the molecule is CCCCc1ccc(NC(=O)[C@H]2CC(=O)N(c3ccc(C)cc3)C2)cc1. The number of carbonyl (C=O) groups is 2. The molecule has 0 aromatic heterocycles. The molecule has 1 atom stereocenters. The number of benzene rings is 2. The lowest BCUT2D eigenvalue weighted by Crippen LogP contribution is -2.28. The highest BCUT2D eigenvalue weighted by Crippen LogP contribution is 2.26. The average molecular weight is 350 g/mol. The van der Waals surface area contributed by atoms with E-state index < -0.39 is 0 Å². The molecule has 1 fully saturated rings. The standard InChI is InChI=1S/C22H26N2O2/c1-3-4-5-17-8-10-19(11-9-17)23-22(26)18-14-21(25)24(15-18)20-12-6-16(2)7-13-20/h6-13,18H,3-5,14-15H2,1-2H3,(H,23,26)/t18-/m0/s1. The number of carbonyl (C=O) groups excluding carboxylic acids is 2. The van der Waals surface area contributed by atoms with Gasteiger partial charge in [-0.2, -0.15) is 0 Å². The van der Waals surface area contributed by atoms with Crippen molar-refractivity contribution in [2.24, 2.45) is 5.92 Å². The molecule has 1 aliphatic rings. The molecule has 136 valence electrons. The van der Waals surface area contributed by atoms with E-state index in [-0.39, 0.29) is 24.2 Å². The summed E-state index contributed by atoms with van der Waals surface area (Å²) in [5, 5.41) is 2.95. The highest BCUT2D eigenvalue weighted by molar-refractivity contribution is 6.03. The number of aryl methyl sites for hydroxylation is 2. The van der Waals surface area contributed by atoms with Crippen molar-refractivity contribution >= 4 is 23.2 Å². The van der Waals surface area contributed by atoms with Crippen LogP contribution >= 0.6 is 0 Å². The lowest BCUT2D eigenvalue weighted by Gasteiger charge is -2.17. The molecule has 26 heavy (non-hydrogen) atoms. The van der Waals surface area contributed by atoms with Gasteiger partial charge in [0.1, 0.15) is 0 Å². The van der Waals surface area contributed by atoms with Gasteiger partial charge in [-0.3, -0.25) is 9.59 Å². The van der Waals surface area contributed by atoms with Crippen LogP contribution in [0.3, 0.4) is 0 Å². The number of anilines is 2. The number of hydrogen-bond donors (Lipinski definition) is 1. The zero-order valence-electron chi connectivity index (χ0n) is 15.5. The third-order valence-corrected chi connectivity index (χ3v) is 4.88. The first kappa shape index (κ1) is 18.2. The molecule has 3 rings (SSSR count). The van der Waals surface area contributed by atoms with Crippen LogP contribution in [-0.4, -0.2) is 18.4 Å². The minimum absolute atomic E-state index is 0.00363. The number of rotatable bonds is 6. The van der Waals surface area contributed by atoms with E-state index >= 15 is 0 Å². The fourth-order valence-electron chi connectivity index (χ4n) is 3.24. The molecule has 1 N–H and O–H groups in total. The largest absolute Gasteiger partial charge is 0.326 e. The highest BCUT2D eigenvalue weighted by atomic mass is 16.2. The van der Waals surface area contributed by atoms with Gasteiger partial charge >= 0.3 is 0 Å². The van der Waals surface area contributed by atoms with E-state index in [2.05, 4.69) is 24.4 Å². The Balaban J connectivity index is 1.60. The minimum atomic E-state index is -0.316. The van der Waals surface area contributed by atoms with E-state index in [1.807, 2.05) is 43.3 Å². The van der Waals surface area contributed by atoms with Gasteiger partial charge in [-0.05, 0) is 49.6 Å². The van der Waals surface area contributed by atoms with E-state index in [4.69, 9.17) is 0 Å². The van der Waals surface area contributed by atoms with Crippen LogP contribution in [0.1, 0.15) is 37.3 Å². The Kier molecular flexibility index (Phi) is 5.71. The molecule has 4 heteroatoms. The van der Waals surface area contributed by atoms with Crippen LogP contribution in [0.15, 0.2) is 48.5 Å². The summed E-state index contributed by atoms with van der Waals surface area (Å²) in [5.41, 5.74) is 4.08. The minimum Gasteiger partial charge on any atom is -0.326 e. The van der Waals surface area contributed by atoms with E-state index in [0.29, 0.717) is 6.54 Å². The van der Waals surface area contributed by atoms with Gasteiger partial charge in [-0.15, -0.1) is 0 Å². The lowest BCUT2D eigenvalue weighted by molar-refractivity contribution is -0.122. The van der Waals surface area contributed by atoms with Crippen molar-refractivity contribution in [3.63, 3.8) is 0 Å². The summed E-state index contributed by atoms with van der Waals surface area (Å²) >= 11 is 0. The summed E-state index contributed by atoms with van der Waals surface area (Å²) in [6, 6.07) is 15.8. The fourth-order valence-corrected chi connectivity index (χ4v) is 3.24. The van der Waals surface area contributed by atoms with Crippen LogP contribution in [-0.2, 0) is 16.0 Å². The molecular weight excluding hydrogens is 324 g/mol. The third kappa shape index (κ3) is 4.31. The Bertz CT molecular complexity index is 766. The number of nitrogens with zero attached hydrogens (tertiary/aromatic N) is 1. The van der Waals surface area contributed by atoms with Gasteiger partial charge in [0.25, 0.3) is 0 Å². The molecule has 0 aliphatic carbocycles. The zero-order valence-corrected chi connectivity index (χ0v) is 15.5. The normalized spacial score (nSPS) is 16.8. The molecule has 2 aromatic carbocycles. The zero-order chi connectivity index (χ0) is 18.5. The van der Waals surface area contributed by atoms with Crippen LogP contribution in [0.4, 0.5) is 11.4 Å². The first-order chi connectivity index (χ1) is 12.6. The third-order valence-electron chi connectivity index (χ3n) is 4.88. The number of unbranched alkanes of at least 4 members (excludes halogenated alkanes) is 1. The number of hydrogen-bond acceptors (Lipinski definition) is 2.